The second-order valence-electron chi connectivity index (χ2n) is 6.93. The molecule has 0 aliphatic heterocycles. The van der Waals surface area contributed by atoms with Crippen LogP contribution in [-0.4, -0.2) is 23.8 Å². The lowest BCUT2D eigenvalue weighted by Gasteiger charge is -2.54. The van der Waals surface area contributed by atoms with Crippen molar-refractivity contribution in [3.05, 3.63) is 12.2 Å². The molecular weight excluding hydrogens is 240 g/mol. The lowest BCUT2D eigenvalue weighted by molar-refractivity contribution is -0.256. The maximum absolute atomic E-state index is 9.68. The molecule has 1 N–H and O–H groups in total. The summed E-state index contributed by atoms with van der Waals surface area (Å²) >= 11 is 0. The molecule has 0 heterocycles. The SMILES string of the molecule is C=C(C)C(O)OC(C)OC1C2CC3CC(C2)CC1C3. The first-order chi connectivity index (χ1) is 9.02. The van der Waals surface area contributed by atoms with Crippen LogP contribution in [0.5, 0.6) is 0 Å². The van der Waals surface area contributed by atoms with Crippen LogP contribution in [0.25, 0.3) is 0 Å². The van der Waals surface area contributed by atoms with Gasteiger partial charge < -0.3 is 14.6 Å². The Morgan fingerprint density at radius 2 is 1.63 bits per heavy atom. The van der Waals surface area contributed by atoms with Gasteiger partial charge in [0, 0.05) is 0 Å². The number of aliphatic hydroxyl groups is 1. The topological polar surface area (TPSA) is 38.7 Å². The summed E-state index contributed by atoms with van der Waals surface area (Å²) in [6.45, 7) is 7.35. The van der Waals surface area contributed by atoms with Gasteiger partial charge in [0.05, 0.1) is 6.10 Å². The van der Waals surface area contributed by atoms with Crippen LogP contribution >= 0.6 is 0 Å². The highest BCUT2D eigenvalue weighted by Gasteiger charge is 2.49. The lowest BCUT2D eigenvalue weighted by atomic mass is 9.55. The smallest absolute Gasteiger partial charge is 0.179 e. The van der Waals surface area contributed by atoms with Crippen molar-refractivity contribution in [1.29, 1.82) is 0 Å². The first-order valence-electron chi connectivity index (χ1n) is 7.67. The first-order valence-corrected chi connectivity index (χ1v) is 7.67. The summed E-state index contributed by atoms with van der Waals surface area (Å²) in [4.78, 5) is 0. The summed E-state index contributed by atoms with van der Waals surface area (Å²) in [6, 6.07) is 0. The molecule has 0 saturated heterocycles. The van der Waals surface area contributed by atoms with Crippen LogP contribution in [0.1, 0.15) is 46.0 Å². The summed E-state index contributed by atoms with van der Waals surface area (Å²) < 4.78 is 11.6. The second kappa shape index (κ2) is 5.19. The lowest BCUT2D eigenvalue weighted by Crippen LogP contribution is -2.50. The zero-order valence-electron chi connectivity index (χ0n) is 12.0. The molecule has 19 heavy (non-hydrogen) atoms. The Kier molecular flexibility index (Phi) is 3.71. The van der Waals surface area contributed by atoms with Gasteiger partial charge in [-0.2, -0.15) is 0 Å². The molecule has 108 valence electrons. The van der Waals surface area contributed by atoms with E-state index in [-0.39, 0.29) is 6.29 Å². The molecule has 0 aromatic rings. The fourth-order valence-corrected chi connectivity index (χ4v) is 4.65. The Bertz CT molecular complexity index is 324. The van der Waals surface area contributed by atoms with E-state index in [0.717, 1.165) is 23.7 Å². The van der Waals surface area contributed by atoms with E-state index in [4.69, 9.17) is 9.47 Å². The van der Waals surface area contributed by atoms with Crippen LogP contribution in [0, 0.1) is 23.7 Å². The average Bonchev–Trinajstić information content (AvgIpc) is 2.32. The molecule has 2 atom stereocenters. The number of ether oxygens (including phenoxy) is 2. The van der Waals surface area contributed by atoms with E-state index in [1.165, 1.54) is 32.1 Å². The van der Waals surface area contributed by atoms with Crippen LogP contribution in [0.15, 0.2) is 12.2 Å². The van der Waals surface area contributed by atoms with Gasteiger partial charge in [0.1, 0.15) is 0 Å². The number of aliphatic hydroxyl groups excluding tert-OH is 1. The maximum Gasteiger partial charge on any atom is 0.179 e. The molecule has 4 saturated carbocycles. The Labute approximate surface area is 116 Å². The Morgan fingerprint density at radius 3 is 2.11 bits per heavy atom. The third-order valence-corrected chi connectivity index (χ3v) is 5.23. The number of hydrogen-bond acceptors (Lipinski definition) is 3. The molecule has 4 fully saturated rings. The largest absolute Gasteiger partial charge is 0.364 e. The molecule has 4 bridgehead atoms. The quantitative estimate of drug-likeness (QED) is 0.614. The van der Waals surface area contributed by atoms with Crippen LogP contribution < -0.4 is 0 Å². The third-order valence-electron chi connectivity index (χ3n) is 5.23. The van der Waals surface area contributed by atoms with Crippen molar-refractivity contribution in [3.8, 4) is 0 Å². The fourth-order valence-electron chi connectivity index (χ4n) is 4.65. The second-order valence-corrected chi connectivity index (χ2v) is 6.93. The molecule has 4 rings (SSSR count). The summed E-state index contributed by atoms with van der Waals surface area (Å²) in [5.41, 5.74) is 0.625. The molecule has 0 aromatic heterocycles. The summed E-state index contributed by atoms with van der Waals surface area (Å²) in [5, 5.41) is 9.68. The van der Waals surface area contributed by atoms with Gasteiger partial charge in [-0.15, -0.1) is 0 Å². The van der Waals surface area contributed by atoms with Crippen molar-refractivity contribution >= 4 is 0 Å². The summed E-state index contributed by atoms with van der Waals surface area (Å²) in [6.07, 6.45) is 5.91. The van der Waals surface area contributed by atoms with Crippen molar-refractivity contribution in [3.63, 3.8) is 0 Å². The van der Waals surface area contributed by atoms with E-state index < -0.39 is 6.29 Å². The molecule has 0 amide bonds. The maximum atomic E-state index is 9.68. The highest BCUT2D eigenvalue weighted by Crippen LogP contribution is 2.54. The monoisotopic (exact) mass is 266 g/mol. The Morgan fingerprint density at radius 1 is 1.11 bits per heavy atom. The highest BCUT2D eigenvalue weighted by molar-refractivity contribution is 4.99. The van der Waals surface area contributed by atoms with Crippen LogP contribution in [0.2, 0.25) is 0 Å². The van der Waals surface area contributed by atoms with Gasteiger partial charge in [-0.3, -0.25) is 0 Å². The Balaban J connectivity index is 1.56. The minimum atomic E-state index is -0.910. The van der Waals surface area contributed by atoms with E-state index in [2.05, 4.69) is 6.58 Å². The van der Waals surface area contributed by atoms with Gasteiger partial charge in [-0.25, -0.2) is 0 Å². The molecule has 0 radical (unpaired) electrons. The van der Waals surface area contributed by atoms with Gasteiger partial charge in [0.15, 0.2) is 12.6 Å². The van der Waals surface area contributed by atoms with Crippen molar-refractivity contribution in [2.75, 3.05) is 0 Å². The van der Waals surface area contributed by atoms with E-state index in [1.807, 2.05) is 6.92 Å². The van der Waals surface area contributed by atoms with Gasteiger partial charge in [-0.05, 0) is 75.2 Å². The average molecular weight is 266 g/mol. The minimum absolute atomic E-state index is 0.347. The molecule has 4 aliphatic rings. The number of hydrogen-bond donors (Lipinski definition) is 1. The van der Waals surface area contributed by atoms with Crippen LogP contribution in [0.4, 0.5) is 0 Å². The predicted molar refractivity (Wildman–Crippen MR) is 73.3 cm³/mol. The molecule has 3 nitrogen and oxygen atoms in total. The molecular formula is C16H26O3. The van der Waals surface area contributed by atoms with Crippen molar-refractivity contribution in [2.45, 2.75) is 64.6 Å². The van der Waals surface area contributed by atoms with Crippen molar-refractivity contribution in [2.24, 2.45) is 23.7 Å². The van der Waals surface area contributed by atoms with Crippen LogP contribution in [0.3, 0.4) is 0 Å². The Hall–Kier alpha value is -0.380. The van der Waals surface area contributed by atoms with E-state index in [1.54, 1.807) is 6.92 Å². The van der Waals surface area contributed by atoms with Crippen molar-refractivity contribution in [1.82, 2.24) is 0 Å². The van der Waals surface area contributed by atoms with Gasteiger partial charge in [-0.1, -0.05) is 6.58 Å². The predicted octanol–water partition coefficient (Wildman–Crippen LogP) is 3.08. The zero-order valence-corrected chi connectivity index (χ0v) is 12.0. The van der Waals surface area contributed by atoms with Crippen molar-refractivity contribution < 1.29 is 14.6 Å². The molecule has 2 unspecified atom stereocenters. The number of rotatable bonds is 5. The van der Waals surface area contributed by atoms with Gasteiger partial charge in [0.25, 0.3) is 0 Å². The zero-order chi connectivity index (χ0) is 13.6. The summed E-state index contributed by atoms with van der Waals surface area (Å²) in [5.74, 6) is 3.37. The normalized spacial score (nSPS) is 43.2. The standard InChI is InChI=1S/C16H26O3/c1-9(2)16(17)19-10(3)18-15-13-5-11-4-12(7-13)8-14(15)6-11/h10-17H,1,4-8H2,2-3H3. The minimum Gasteiger partial charge on any atom is -0.364 e. The van der Waals surface area contributed by atoms with Crippen LogP contribution in [-0.2, 0) is 9.47 Å². The summed E-state index contributed by atoms with van der Waals surface area (Å²) in [7, 11) is 0. The highest BCUT2D eigenvalue weighted by atomic mass is 16.7. The molecule has 3 heteroatoms. The molecule has 0 aromatic carbocycles. The third kappa shape index (κ3) is 2.74. The van der Waals surface area contributed by atoms with Gasteiger partial charge in [0.2, 0.25) is 0 Å². The van der Waals surface area contributed by atoms with Gasteiger partial charge >= 0.3 is 0 Å². The first kappa shape index (κ1) is 13.6. The van der Waals surface area contributed by atoms with E-state index in [9.17, 15) is 5.11 Å². The molecule has 4 aliphatic carbocycles. The fraction of sp³-hybridized carbons (Fsp3) is 0.875. The van der Waals surface area contributed by atoms with E-state index in [0.29, 0.717) is 11.7 Å². The van der Waals surface area contributed by atoms with E-state index >= 15 is 0 Å². The molecule has 0 spiro atoms.